The van der Waals surface area contributed by atoms with Crippen molar-refractivity contribution in [2.45, 2.75) is 57.4 Å². The maximum absolute atomic E-state index is 12.1. The van der Waals surface area contributed by atoms with Crippen molar-refractivity contribution in [2.24, 2.45) is 0 Å². The monoisotopic (exact) mass is 371 g/mol. The van der Waals surface area contributed by atoms with E-state index in [2.05, 4.69) is 11.8 Å². The Bertz CT molecular complexity index is 664. The van der Waals surface area contributed by atoms with Crippen LogP contribution in [0.25, 0.3) is 0 Å². The number of nitrogens with one attached hydrogen (secondary N) is 1. The van der Waals surface area contributed by atoms with Gasteiger partial charge in [0.15, 0.2) is 0 Å². The molecule has 1 amide bonds. The molecule has 1 rings (SSSR count). The van der Waals surface area contributed by atoms with Gasteiger partial charge in [0.05, 0.1) is 6.10 Å². The van der Waals surface area contributed by atoms with Gasteiger partial charge >= 0.3 is 12.1 Å². The molecule has 0 saturated carbocycles. The summed E-state index contributed by atoms with van der Waals surface area (Å²) < 4.78 is 36.3. The zero-order valence-corrected chi connectivity index (χ0v) is 14.9. The van der Waals surface area contributed by atoms with Crippen molar-refractivity contribution >= 4 is 5.91 Å². The van der Waals surface area contributed by atoms with Gasteiger partial charge in [-0.25, -0.2) is 0 Å². The molecular formula is C19H24F3NO3. The van der Waals surface area contributed by atoms with E-state index in [-0.39, 0.29) is 6.42 Å². The van der Waals surface area contributed by atoms with Gasteiger partial charge in [-0.15, -0.1) is 0 Å². The summed E-state index contributed by atoms with van der Waals surface area (Å²) in [7, 11) is 0. The lowest BCUT2D eigenvalue weighted by molar-refractivity contribution is -0.173. The Morgan fingerprint density at radius 3 is 2.58 bits per heavy atom. The summed E-state index contributed by atoms with van der Waals surface area (Å²) in [4.78, 5) is 10.7. The van der Waals surface area contributed by atoms with Crippen LogP contribution in [0.2, 0.25) is 0 Å². The van der Waals surface area contributed by atoms with Crippen LogP contribution in [0.1, 0.15) is 44.2 Å². The molecule has 0 aliphatic heterocycles. The summed E-state index contributed by atoms with van der Waals surface area (Å²) in [6, 6.07) is 6.86. The predicted molar refractivity (Wildman–Crippen MR) is 92.2 cm³/mol. The molecule has 144 valence electrons. The number of hydrogen-bond acceptors (Lipinski definition) is 3. The van der Waals surface area contributed by atoms with Crippen LogP contribution in [-0.2, 0) is 11.2 Å². The van der Waals surface area contributed by atoms with E-state index >= 15 is 0 Å². The molecule has 1 aromatic rings. The van der Waals surface area contributed by atoms with Crippen molar-refractivity contribution in [3.05, 3.63) is 35.4 Å². The smallest absolute Gasteiger partial charge is 0.391 e. The first-order valence-electron chi connectivity index (χ1n) is 8.47. The molecule has 2 atom stereocenters. The second-order valence-corrected chi connectivity index (χ2v) is 6.15. The van der Waals surface area contributed by atoms with E-state index in [0.717, 1.165) is 6.42 Å². The van der Waals surface area contributed by atoms with Gasteiger partial charge in [-0.3, -0.25) is 4.79 Å². The first-order chi connectivity index (χ1) is 12.1. The number of benzene rings is 1. The minimum absolute atomic E-state index is 0.0701. The predicted octanol–water partition coefficient (Wildman–Crippen LogP) is 2.56. The normalized spacial score (nSPS) is 14.7. The largest absolute Gasteiger partial charge is 0.471 e. The zero-order valence-electron chi connectivity index (χ0n) is 14.9. The topological polar surface area (TPSA) is 69.6 Å². The third-order valence-electron chi connectivity index (χ3n) is 3.84. The number of carbonyl (C=O) groups excluding carboxylic acids is 1. The van der Waals surface area contributed by atoms with Gasteiger partial charge < -0.3 is 15.5 Å². The number of rotatable bonds is 7. The summed E-state index contributed by atoms with van der Waals surface area (Å²) in [5.41, 5.74) is 0.254. The number of aliphatic hydroxyl groups excluding tert-OH is 1. The third kappa shape index (κ3) is 7.46. The molecular weight excluding hydrogens is 347 g/mol. The molecule has 0 bridgehead atoms. The number of carbonyl (C=O) groups is 1. The van der Waals surface area contributed by atoms with Crippen molar-refractivity contribution < 1.29 is 28.2 Å². The second kappa shape index (κ2) is 9.60. The molecule has 0 spiro atoms. The highest BCUT2D eigenvalue weighted by molar-refractivity contribution is 5.81. The van der Waals surface area contributed by atoms with Crippen LogP contribution in [0.5, 0.6) is 0 Å². The third-order valence-corrected chi connectivity index (χ3v) is 3.84. The molecule has 0 aromatic heterocycles. The molecule has 4 nitrogen and oxygen atoms in total. The van der Waals surface area contributed by atoms with Crippen molar-refractivity contribution in [3.8, 4) is 11.8 Å². The second-order valence-electron chi connectivity index (χ2n) is 6.15. The van der Waals surface area contributed by atoms with E-state index < -0.39 is 30.3 Å². The highest BCUT2D eigenvalue weighted by Gasteiger charge is 2.38. The van der Waals surface area contributed by atoms with Crippen LogP contribution in [0.3, 0.4) is 0 Å². The number of aliphatic hydroxyl groups is 2. The van der Waals surface area contributed by atoms with Crippen LogP contribution < -0.4 is 5.32 Å². The average Bonchev–Trinajstić information content (AvgIpc) is 2.57. The van der Waals surface area contributed by atoms with E-state index in [9.17, 15) is 28.2 Å². The van der Waals surface area contributed by atoms with E-state index in [1.54, 1.807) is 29.6 Å². The minimum atomic E-state index is -4.97. The fraction of sp³-hybridized carbons (Fsp3) is 0.526. The van der Waals surface area contributed by atoms with Crippen molar-refractivity contribution in [1.29, 1.82) is 0 Å². The molecule has 3 N–H and O–H groups in total. The number of amides is 1. The number of halogens is 3. The first kappa shape index (κ1) is 22.0. The van der Waals surface area contributed by atoms with Gasteiger partial charge in [-0.05, 0) is 30.5 Å². The SMILES string of the molecule is CCCC(O)(C#Cc1cccc(CC(O)CNC(=O)C(F)(F)F)c1)CC. The lowest BCUT2D eigenvalue weighted by Gasteiger charge is -2.18. The Labute approximate surface area is 151 Å². The molecule has 7 heteroatoms. The molecule has 1 aromatic carbocycles. The van der Waals surface area contributed by atoms with Gasteiger partial charge in [0.25, 0.3) is 0 Å². The molecule has 26 heavy (non-hydrogen) atoms. The molecule has 0 aliphatic rings. The fourth-order valence-electron chi connectivity index (χ4n) is 2.36. The Morgan fingerprint density at radius 2 is 2.00 bits per heavy atom. The summed E-state index contributed by atoms with van der Waals surface area (Å²) in [5, 5.41) is 21.8. The van der Waals surface area contributed by atoms with Crippen molar-refractivity contribution in [3.63, 3.8) is 0 Å². The Balaban J connectivity index is 2.71. The Kier molecular flexibility index (Phi) is 8.12. The first-order valence-corrected chi connectivity index (χ1v) is 8.47. The van der Waals surface area contributed by atoms with Gasteiger partial charge in [0.1, 0.15) is 5.60 Å². The van der Waals surface area contributed by atoms with Gasteiger partial charge in [0.2, 0.25) is 0 Å². The maximum atomic E-state index is 12.1. The lowest BCUT2D eigenvalue weighted by Crippen LogP contribution is -2.41. The van der Waals surface area contributed by atoms with E-state index in [0.29, 0.717) is 24.0 Å². The molecule has 0 aliphatic carbocycles. The van der Waals surface area contributed by atoms with E-state index in [1.165, 1.54) is 0 Å². The standard InChI is InChI=1S/C19H24F3NO3/c1-3-9-18(26,4-2)10-8-14-6-5-7-15(11-14)12-16(24)13-23-17(25)19(20,21)22/h5-7,11,16,24,26H,3-4,9,12-13H2,1-2H3,(H,23,25). The van der Waals surface area contributed by atoms with Gasteiger partial charge in [-0.2, -0.15) is 13.2 Å². The minimum Gasteiger partial charge on any atom is -0.391 e. The fourth-order valence-corrected chi connectivity index (χ4v) is 2.36. The average molecular weight is 371 g/mol. The highest BCUT2D eigenvalue weighted by Crippen LogP contribution is 2.17. The summed E-state index contributed by atoms with van der Waals surface area (Å²) >= 11 is 0. The molecule has 0 fully saturated rings. The van der Waals surface area contributed by atoms with Crippen LogP contribution in [-0.4, -0.2) is 40.5 Å². The Morgan fingerprint density at radius 1 is 1.31 bits per heavy atom. The molecule has 2 unspecified atom stereocenters. The summed E-state index contributed by atoms with van der Waals surface area (Å²) in [6.07, 6.45) is -4.18. The van der Waals surface area contributed by atoms with Gasteiger partial charge in [0, 0.05) is 18.5 Å². The van der Waals surface area contributed by atoms with Gasteiger partial charge in [-0.1, -0.05) is 44.2 Å². The van der Waals surface area contributed by atoms with Crippen LogP contribution in [0, 0.1) is 11.8 Å². The number of alkyl halides is 3. The highest BCUT2D eigenvalue weighted by atomic mass is 19.4. The van der Waals surface area contributed by atoms with Crippen molar-refractivity contribution in [2.75, 3.05) is 6.54 Å². The van der Waals surface area contributed by atoms with Crippen LogP contribution in [0.15, 0.2) is 24.3 Å². The molecule has 0 saturated heterocycles. The summed E-state index contributed by atoms with van der Waals surface area (Å²) in [5.74, 6) is 3.69. The van der Waals surface area contributed by atoms with Crippen molar-refractivity contribution in [1.82, 2.24) is 5.32 Å². The Hall–Kier alpha value is -2.04. The maximum Gasteiger partial charge on any atom is 0.471 e. The number of hydrogen-bond donors (Lipinski definition) is 3. The quantitative estimate of drug-likeness (QED) is 0.645. The zero-order chi connectivity index (χ0) is 19.8. The summed E-state index contributed by atoms with van der Waals surface area (Å²) in [6.45, 7) is 3.31. The lowest BCUT2D eigenvalue weighted by atomic mass is 9.95. The van der Waals surface area contributed by atoms with Crippen LogP contribution in [0.4, 0.5) is 13.2 Å². The van der Waals surface area contributed by atoms with E-state index in [1.807, 2.05) is 13.8 Å². The molecule has 0 radical (unpaired) electrons. The molecule has 0 heterocycles. The van der Waals surface area contributed by atoms with Crippen LogP contribution >= 0.6 is 0 Å². The van der Waals surface area contributed by atoms with E-state index in [4.69, 9.17) is 0 Å².